The fourth-order valence-electron chi connectivity index (χ4n) is 1.32. The van der Waals surface area contributed by atoms with E-state index < -0.39 is 11.7 Å². The Labute approximate surface area is 116 Å². The molecule has 0 aliphatic carbocycles. The Morgan fingerprint density at radius 1 is 1.22 bits per heavy atom. The first kappa shape index (κ1) is 13.3. The van der Waals surface area contributed by atoms with Crippen LogP contribution in [0.4, 0.5) is 19.1 Å². The number of benzene rings is 1. The third-order valence-corrected chi connectivity index (χ3v) is 3.24. The van der Waals surface area contributed by atoms with Gasteiger partial charge in [-0.3, -0.25) is 0 Å². The summed E-state index contributed by atoms with van der Waals surface area (Å²) in [5.41, 5.74) is 5.05. The van der Waals surface area contributed by atoms with Crippen LogP contribution in [0.25, 0.3) is 5.69 Å². The number of rotatable bonds is 1. The van der Waals surface area contributed by atoms with Gasteiger partial charge < -0.3 is 5.73 Å². The largest absolute Gasteiger partial charge is 0.416 e. The van der Waals surface area contributed by atoms with Gasteiger partial charge in [-0.1, -0.05) is 0 Å². The maximum absolute atomic E-state index is 12.5. The lowest BCUT2D eigenvalue weighted by Crippen LogP contribution is -2.06. The van der Waals surface area contributed by atoms with Crippen molar-refractivity contribution < 1.29 is 13.2 Å². The second-order valence-electron chi connectivity index (χ2n) is 3.31. The van der Waals surface area contributed by atoms with Gasteiger partial charge in [0.25, 0.3) is 0 Å². The molecule has 18 heavy (non-hydrogen) atoms. The van der Waals surface area contributed by atoms with E-state index in [1.807, 2.05) is 0 Å². The molecule has 0 radical (unpaired) electrons. The number of nitrogens with two attached hydrogens (primary N) is 1. The summed E-state index contributed by atoms with van der Waals surface area (Å²) in [4.78, 5) is 3.80. The summed E-state index contributed by atoms with van der Waals surface area (Å²) in [7, 11) is 0. The van der Waals surface area contributed by atoms with Crippen molar-refractivity contribution in [2.24, 2.45) is 0 Å². The SMILES string of the molecule is Nc1nc(Br)n(-c2ccc(C(F)(F)F)cc2Br)n1. The van der Waals surface area contributed by atoms with Crippen molar-refractivity contribution in [2.45, 2.75) is 6.18 Å². The van der Waals surface area contributed by atoms with Gasteiger partial charge in [0, 0.05) is 4.47 Å². The predicted octanol–water partition coefficient (Wildman–Crippen LogP) is 3.39. The molecule has 0 spiro atoms. The van der Waals surface area contributed by atoms with Crippen LogP contribution in [0.3, 0.4) is 0 Å². The third-order valence-electron chi connectivity index (χ3n) is 2.09. The van der Waals surface area contributed by atoms with Crippen LogP contribution in [0.15, 0.2) is 27.4 Å². The van der Waals surface area contributed by atoms with E-state index in [1.165, 1.54) is 10.7 Å². The van der Waals surface area contributed by atoms with Gasteiger partial charge in [0.15, 0.2) is 0 Å². The monoisotopic (exact) mass is 384 g/mol. The molecular formula is C9H5Br2F3N4. The molecule has 2 aromatic rings. The van der Waals surface area contributed by atoms with Gasteiger partial charge in [-0.05, 0) is 50.1 Å². The van der Waals surface area contributed by atoms with Crippen LogP contribution in [0.5, 0.6) is 0 Å². The average Bonchev–Trinajstić information content (AvgIpc) is 2.56. The minimum atomic E-state index is -4.39. The Hall–Kier alpha value is -1.09. The summed E-state index contributed by atoms with van der Waals surface area (Å²) in [6.07, 6.45) is -4.39. The molecule has 0 unspecified atom stereocenters. The molecule has 1 heterocycles. The van der Waals surface area contributed by atoms with Crippen molar-refractivity contribution in [2.75, 3.05) is 5.73 Å². The highest BCUT2D eigenvalue weighted by Crippen LogP contribution is 2.33. The number of nitrogen functional groups attached to an aromatic ring is 1. The predicted molar refractivity (Wildman–Crippen MR) is 66.2 cm³/mol. The molecule has 0 saturated carbocycles. The Bertz CT molecular complexity index is 594. The number of aromatic nitrogens is 3. The molecule has 0 amide bonds. The summed E-state index contributed by atoms with van der Waals surface area (Å²) < 4.78 is 39.3. The van der Waals surface area contributed by atoms with E-state index in [0.29, 0.717) is 10.4 Å². The van der Waals surface area contributed by atoms with E-state index in [-0.39, 0.29) is 10.4 Å². The zero-order valence-corrected chi connectivity index (χ0v) is 11.7. The van der Waals surface area contributed by atoms with E-state index in [4.69, 9.17) is 5.73 Å². The Morgan fingerprint density at radius 2 is 1.89 bits per heavy atom. The number of nitrogens with zero attached hydrogens (tertiary/aromatic N) is 3. The highest BCUT2D eigenvalue weighted by molar-refractivity contribution is 9.10. The van der Waals surface area contributed by atoms with E-state index >= 15 is 0 Å². The van der Waals surface area contributed by atoms with Crippen molar-refractivity contribution in [1.82, 2.24) is 14.8 Å². The number of alkyl halides is 3. The zero-order valence-electron chi connectivity index (χ0n) is 8.54. The summed E-state index contributed by atoms with van der Waals surface area (Å²) in [5.74, 6) is 0.0219. The smallest absolute Gasteiger partial charge is 0.366 e. The van der Waals surface area contributed by atoms with Gasteiger partial charge in [-0.15, -0.1) is 5.10 Å². The van der Waals surface area contributed by atoms with Crippen LogP contribution in [0.1, 0.15) is 5.56 Å². The molecule has 0 fully saturated rings. The minimum absolute atomic E-state index is 0.0219. The number of hydrogen-bond donors (Lipinski definition) is 1. The molecule has 2 N–H and O–H groups in total. The topological polar surface area (TPSA) is 56.7 Å². The standard InChI is InChI=1S/C9H5Br2F3N4/c10-5-3-4(9(12,13)14)1-2-6(5)18-7(11)16-8(15)17-18/h1-3H,(H2,15,17). The molecule has 0 bridgehead atoms. The molecular weight excluding hydrogens is 381 g/mol. The molecule has 0 aliphatic heterocycles. The molecule has 0 atom stereocenters. The summed E-state index contributed by atoms with van der Waals surface area (Å²) in [6, 6.07) is 3.22. The summed E-state index contributed by atoms with van der Waals surface area (Å²) in [5, 5.41) is 3.86. The highest BCUT2D eigenvalue weighted by Gasteiger charge is 2.31. The van der Waals surface area contributed by atoms with Gasteiger partial charge in [-0.2, -0.15) is 18.2 Å². The van der Waals surface area contributed by atoms with Crippen LogP contribution >= 0.6 is 31.9 Å². The quantitative estimate of drug-likeness (QED) is 0.818. The van der Waals surface area contributed by atoms with Crippen molar-refractivity contribution in [3.63, 3.8) is 0 Å². The van der Waals surface area contributed by atoms with E-state index in [1.54, 1.807) is 0 Å². The fraction of sp³-hybridized carbons (Fsp3) is 0.111. The first-order valence-electron chi connectivity index (χ1n) is 4.54. The normalized spacial score (nSPS) is 11.8. The molecule has 4 nitrogen and oxygen atoms in total. The number of hydrogen-bond acceptors (Lipinski definition) is 3. The van der Waals surface area contributed by atoms with Crippen molar-refractivity contribution in [1.29, 1.82) is 0 Å². The first-order valence-corrected chi connectivity index (χ1v) is 6.13. The Kier molecular flexibility index (Phi) is 3.37. The van der Waals surface area contributed by atoms with Crippen LogP contribution in [-0.4, -0.2) is 14.8 Å². The summed E-state index contributed by atoms with van der Waals surface area (Å²) >= 11 is 6.18. The van der Waals surface area contributed by atoms with Crippen LogP contribution in [-0.2, 0) is 6.18 Å². The van der Waals surface area contributed by atoms with E-state index in [9.17, 15) is 13.2 Å². The Balaban J connectivity index is 2.51. The zero-order chi connectivity index (χ0) is 13.5. The lowest BCUT2D eigenvalue weighted by molar-refractivity contribution is -0.137. The van der Waals surface area contributed by atoms with Gasteiger partial charge in [0.05, 0.1) is 11.3 Å². The molecule has 0 saturated heterocycles. The number of anilines is 1. The maximum atomic E-state index is 12.5. The van der Waals surface area contributed by atoms with Gasteiger partial charge in [0.2, 0.25) is 10.7 Å². The summed E-state index contributed by atoms with van der Waals surface area (Å²) in [6.45, 7) is 0. The van der Waals surface area contributed by atoms with E-state index in [2.05, 4.69) is 41.9 Å². The van der Waals surface area contributed by atoms with E-state index in [0.717, 1.165) is 12.1 Å². The Morgan fingerprint density at radius 3 is 2.33 bits per heavy atom. The first-order chi connectivity index (χ1) is 8.29. The molecule has 0 aliphatic rings. The molecule has 2 rings (SSSR count). The highest BCUT2D eigenvalue weighted by atomic mass is 79.9. The minimum Gasteiger partial charge on any atom is -0.366 e. The van der Waals surface area contributed by atoms with Crippen molar-refractivity contribution in [3.8, 4) is 5.69 Å². The lowest BCUT2D eigenvalue weighted by Gasteiger charge is -2.10. The molecule has 9 heteroatoms. The van der Waals surface area contributed by atoms with Crippen LogP contribution < -0.4 is 5.73 Å². The van der Waals surface area contributed by atoms with Crippen LogP contribution in [0, 0.1) is 0 Å². The second-order valence-corrected chi connectivity index (χ2v) is 4.88. The lowest BCUT2D eigenvalue weighted by atomic mass is 10.2. The van der Waals surface area contributed by atoms with Crippen molar-refractivity contribution in [3.05, 3.63) is 33.0 Å². The third kappa shape index (κ3) is 2.51. The molecule has 96 valence electrons. The van der Waals surface area contributed by atoms with Crippen molar-refractivity contribution >= 4 is 37.8 Å². The van der Waals surface area contributed by atoms with Crippen LogP contribution in [0.2, 0.25) is 0 Å². The van der Waals surface area contributed by atoms with Gasteiger partial charge in [-0.25, -0.2) is 4.68 Å². The van der Waals surface area contributed by atoms with Gasteiger partial charge in [0.1, 0.15) is 0 Å². The second kappa shape index (κ2) is 4.54. The van der Waals surface area contributed by atoms with Gasteiger partial charge >= 0.3 is 6.18 Å². The fourth-order valence-corrected chi connectivity index (χ4v) is 2.31. The maximum Gasteiger partial charge on any atom is 0.416 e. The number of halogens is 5. The molecule has 1 aromatic carbocycles. The average molecular weight is 386 g/mol. The molecule has 1 aromatic heterocycles.